The Morgan fingerprint density at radius 1 is 1.57 bits per heavy atom. The van der Waals surface area contributed by atoms with Crippen LogP contribution in [0.4, 0.5) is 0 Å². The molecule has 1 rings (SSSR count). The van der Waals surface area contributed by atoms with Crippen LogP contribution in [0.5, 0.6) is 0 Å². The number of allylic oxidation sites excluding steroid dienone is 4. The molecule has 0 N–H and O–H groups in total. The van der Waals surface area contributed by atoms with Gasteiger partial charge in [-0.15, -0.1) is 0 Å². The first-order valence-corrected chi connectivity index (χ1v) is 3.26. The van der Waals surface area contributed by atoms with Crippen molar-refractivity contribution in [3.05, 3.63) is 22.4 Å². The maximum absolute atomic E-state index is 2.63. The molecule has 0 aromatic carbocycles. The van der Waals surface area contributed by atoms with Gasteiger partial charge in [0.05, 0.1) is 0 Å². The third kappa shape index (κ3) is 1.57. The van der Waals surface area contributed by atoms with Crippen LogP contribution >= 0.6 is 0 Å². The van der Waals surface area contributed by atoms with Crippen molar-refractivity contribution in [2.24, 2.45) is 0 Å². The molecule has 0 spiro atoms. The topological polar surface area (TPSA) is 0 Å². The second-order valence-electron chi connectivity index (χ2n) is 1.56. The molecular formula is C6H7Ru. The molecule has 0 saturated heterocycles. The average molecular weight is 180 g/mol. The molecule has 1 aliphatic rings. The molecule has 1 aliphatic carbocycles. The van der Waals surface area contributed by atoms with Crippen LogP contribution in [-0.2, 0) is 18.3 Å². The molecule has 0 aliphatic heterocycles. The van der Waals surface area contributed by atoms with E-state index in [2.05, 4.69) is 36.5 Å². The van der Waals surface area contributed by atoms with E-state index in [1.54, 1.807) is 0 Å². The molecular weight excluding hydrogens is 173 g/mol. The fourth-order valence-electron chi connectivity index (χ4n) is 0.567. The van der Waals surface area contributed by atoms with E-state index in [1.807, 2.05) is 0 Å². The first kappa shape index (κ1) is 5.24. The fraction of sp³-hybridized carbons (Fsp3) is 0.333. The summed E-state index contributed by atoms with van der Waals surface area (Å²) in [6.07, 6.45) is 8.89. The quantitative estimate of drug-likeness (QED) is 0.498. The predicted molar refractivity (Wildman–Crippen MR) is 26.5 cm³/mol. The summed E-state index contributed by atoms with van der Waals surface area (Å²) in [5.41, 5.74) is 0. The standard InChI is InChI=1S/C6H7.Ru/c1-2-4-6-5-3-1;/h1-3H,4,6H2;. The van der Waals surface area contributed by atoms with E-state index in [1.165, 1.54) is 17.0 Å². The zero-order valence-corrected chi connectivity index (χ0v) is 5.74. The van der Waals surface area contributed by atoms with Crippen molar-refractivity contribution < 1.29 is 18.3 Å². The van der Waals surface area contributed by atoms with Gasteiger partial charge in [-0.05, 0) is 0 Å². The van der Waals surface area contributed by atoms with Crippen molar-refractivity contribution in [1.82, 2.24) is 0 Å². The van der Waals surface area contributed by atoms with Gasteiger partial charge in [0, 0.05) is 0 Å². The molecule has 0 nitrogen and oxygen atoms in total. The molecule has 1 heteroatoms. The summed E-state index contributed by atoms with van der Waals surface area (Å²) in [5.74, 6) is 0. The van der Waals surface area contributed by atoms with Crippen LogP contribution in [0, 0.1) is 0 Å². The van der Waals surface area contributed by atoms with E-state index >= 15 is 0 Å². The SMILES string of the molecule is [Ru][C]1=CC=CCC1. The molecule has 0 bridgehead atoms. The van der Waals surface area contributed by atoms with Gasteiger partial charge < -0.3 is 0 Å². The average Bonchev–Trinajstić information content (AvgIpc) is 1.69. The molecule has 0 heterocycles. The van der Waals surface area contributed by atoms with Crippen LogP contribution in [-0.4, -0.2) is 0 Å². The van der Waals surface area contributed by atoms with Crippen LogP contribution in [0.2, 0.25) is 0 Å². The van der Waals surface area contributed by atoms with Crippen LogP contribution in [0.3, 0.4) is 0 Å². The number of hydrogen-bond acceptors (Lipinski definition) is 0. The monoisotopic (exact) mass is 181 g/mol. The van der Waals surface area contributed by atoms with Gasteiger partial charge in [-0.3, -0.25) is 0 Å². The zero-order chi connectivity index (χ0) is 5.11. The third-order valence-corrected chi connectivity index (χ3v) is 1.68. The Labute approximate surface area is 54.0 Å². The minimum atomic E-state index is 1.22. The van der Waals surface area contributed by atoms with Crippen molar-refractivity contribution in [2.75, 3.05) is 0 Å². The van der Waals surface area contributed by atoms with Gasteiger partial charge in [0.1, 0.15) is 0 Å². The van der Waals surface area contributed by atoms with Crippen LogP contribution in [0.15, 0.2) is 22.4 Å². The molecule has 0 saturated carbocycles. The van der Waals surface area contributed by atoms with Crippen LogP contribution < -0.4 is 0 Å². The summed E-state index contributed by atoms with van der Waals surface area (Å²) in [6.45, 7) is 0. The summed E-state index contributed by atoms with van der Waals surface area (Å²) in [6, 6.07) is 0. The van der Waals surface area contributed by atoms with Gasteiger partial charge >= 0.3 is 53.5 Å². The summed E-state index contributed by atoms with van der Waals surface area (Å²) in [7, 11) is 0. The van der Waals surface area contributed by atoms with E-state index in [9.17, 15) is 0 Å². The Hall–Kier alpha value is 0.103. The second-order valence-corrected chi connectivity index (χ2v) is 2.68. The van der Waals surface area contributed by atoms with E-state index < -0.39 is 0 Å². The van der Waals surface area contributed by atoms with Crippen LogP contribution in [0.25, 0.3) is 0 Å². The van der Waals surface area contributed by atoms with Crippen molar-refractivity contribution >= 4 is 0 Å². The Kier molecular flexibility index (Phi) is 1.81. The number of rotatable bonds is 0. The maximum atomic E-state index is 2.63. The summed E-state index contributed by atoms with van der Waals surface area (Å²) in [5, 5.41) is 0. The van der Waals surface area contributed by atoms with E-state index in [0.29, 0.717) is 0 Å². The van der Waals surface area contributed by atoms with Crippen molar-refractivity contribution in [2.45, 2.75) is 12.8 Å². The molecule has 7 heavy (non-hydrogen) atoms. The summed E-state index contributed by atoms with van der Waals surface area (Å²) < 4.78 is 1.43. The van der Waals surface area contributed by atoms with Gasteiger partial charge in [-0.25, -0.2) is 0 Å². The molecule has 0 unspecified atom stereocenters. The molecule has 0 amide bonds. The van der Waals surface area contributed by atoms with E-state index in [-0.39, 0.29) is 0 Å². The molecule has 0 aromatic rings. The van der Waals surface area contributed by atoms with Gasteiger partial charge in [0.25, 0.3) is 0 Å². The number of hydrogen-bond donors (Lipinski definition) is 0. The van der Waals surface area contributed by atoms with Crippen LogP contribution in [0.1, 0.15) is 12.8 Å². The van der Waals surface area contributed by atoms with E-state index in [4.69, 9.17) is 0 Å². The fourth-order valence-corrected chi connectivity index (χ4v) is 0.985. The zero-order valence-electron chi connectivity index (χ0n) is 4.00. The minimum absolute atomic E-state index is 1.22. The second kappa shape index (κ2) is 2.42. The molecule has 0 atom stereocenters. The van der Waals surface area contributed by atoms with Crippen molar-refractivity contribution in [3.8, 4) is 0 Å². The Bertz CT molecular complexity index is 111. The Balaban J connectivity index is 2.57. The molecule has 0 radical (unpaired) electrons. The third-order valence-electron chi connectivity index (χ3n) is 0.953. The summed E-state index contributed by atoms with van der Waals surface area (Å²) >= 11 is 2.63. The van der Waals surface area contributed by atoms with Gasteiger partial charge in [-0.2, -0.15) is 0 Å². The molecule has 0 fully saturated rings. The molecule has 0 aromatic heterocycles. The Morgan fingerprint density at radius 2 is 2.43 bits per heavy atom. The van der Waals surface area contributed by atoms with E-state index in [0.717, 1.165) is 0 Å². The summed E-state index contributed by atoms with van der Waals surface area (Å²) in [4.78, 5) is 0. The van der Waals surface area contributed by atoms with Gasteiger partial charge in [-0.1, -0.05) is 0 Å². The van der Waals surface area contributed by atoms with Gasteiger partial charge in [0.2, 0.25) is 0 Å². The normalized spacial score (nSPS) is 19.3. The van der Waals surface area contributed by atoms with Crippen molar-refractivity contribution in [1.29, 1.82) is 0 Å². The first-order chi connectivity index (χ1) is 3.39. The first-order valence-electron chi connectivity index (χ1n) is 2.39. The van der Waals surface area contributed by atoms with Crippen molar-refractivity contribution in [3.63, 3.8) is 0 Å². The van der Waals surface area contributed by atoms with Gasteiger partial charge in [0.15, 0.2) is 0 Å². The predicted octanol–water partition coefficient (Wildman–Crippen LogP) is 1.77. The molecule has 39 valence electrons. The Morgan fingerprint density at radius 3 is 2.71 bits per heavy atom.